The summed E-state index contributed by atoms with van der Waals surface area (Å²) in [5, 5.41) is 10.8. The second kappa shape index (κ2) is 7.12. The largest absolute Gasteiger partial charge is 0.461 e. The molecule has 0 saturated heterocycles. The van der Waals surface area contributed by atoms with Crippen LogP contribution in [0.25, 0.3) is 0 Å². The van der Waals surface area contributed by atoms with E-state index in [1.807, 2.05) is 44.2 Å². The summed E-state index contributed by atoms with van der Waals surface area (Å²) in [5.74, 6) is -0.671. The molecule has 4 heteroatoms. The standard InChI is InChI=1S/C17H21ClO3/c1-3-7-13(4-2)12-20-14-10-17(19,11-14)21-16-9-6-5-8-15(16)18/h3-9,14,19H,10-12H2,1-2H3/b7-3-,13-4+. The SMILES string of the molecule is C/C=C\C(=C/C)COC1CC(O)(Oc2ccccc2Cl)C1. The molecule has 0 spiro atoms. The van der Waals surface area contributed by atoms with Crippen molar-refractivity contribution in [2.45, 2.75) is 38.6 Å². The van der Waals surface area contributed by atoms with E-state index < -0.39 is 5.79 Å². The quantitative estimate of drug-likeness (QED) is 0.635. The first kappa shape index (κ1) is 16.1. The minimum Gasteiger partial charge on any atom is -0.461 e. The Balaban J connectivity index is 1.81. The van der Waals surface area contributed by atoms with Crippen molar-refractivity contribution in [2.24, 2.45) is 0 Å². The number of hydrogen-bond donors (Lipinski definition) is 1. The highest BCUT2D eigenvalue weighted by Gasteiger charge is 2.46. The van der Waals surface area contributed by atoms with Gasteiger partial charge in [-0.1, -0.05) is 42.0 Å². The number of halogens is 1. The number of hydrogen-bond acceptors (Lipinski definition) is 3. The lowest BCUT2D eigenvalue weighted by Crippen LogP contribution is -2.52. The maximum absolute atomic E-state index is 10.3. The summed E-state index contributed by atoms with van der Waals surface area (Å²) in [6.45, 7) is 4.51. The fourth-order valence-corrected chi connectivity index (χ4v) is 2.42. The van der Waals surface area contributed by atoms with E-state index in [9.17, 15) is 5.11 Å². The molecule has 0 heterocycles. The van der Waals surface area contributed by atoms with Crippen molar-refractivity contribution in [2.75, 3.05) is 6.61 Å². The first-order valence-electron chi connectivity index (χ1n) is 7.12. The summed E-state index contributed by atoms with van der Waals surface area (Å²) in [7, 11) is 0. The number of benzene rings is 1. The Morgan fingerprint density at radius 3 is 2.71 bits per heavy atom. The van der Waals surface area contributed by atoms with Gasteiger partial charge < -0.3 is 14.6 Å². The van der Waals surface area contributed by atoms with Gasteiger partial charge in [0.05, 0.1) is 17.7 Å². The van der Waals surface area contributed by atoms with Crippen LogP contribution in [0.5, 0.6) is 5.75 Å². The summed E-state index contributed by atoms with van der Waals surface area (Å²) in [5.41, 5.74) is 1.12. The fraction of sp³-hybridized carbons (Fsp3) is 0.412. The Kier molecular flexibility index (Phi) is 5.45. The van der Waals surface area contributed by atoms with Crippen LogP contribution in [0.1, 0.15) is 26.7 Å². The molecule has 1 aromatic carbocycles. The van der Waals surface area contributed by atoms with Gasteiger partial charge in [-0.3, -0.25) is 0 Å². The Morgan fingerprint density at radius 1 is 1.38 bits per heavy atom. The van der Waals surface area contributed by atoms with Crippen molar-refractivity contribution in [3.05, 3.63) is 53.1 Å². The highest BCUT2D eigenvalue weighted by Crippen LogP contribution is 2.38. The zero-order valence-electron chi connectivity index (χ0n) is 12.4. The van der Waals surface area contributed by atoms with E-state index in [2.05, 4.69) is 0 Å². The molecule has 0 aromatic heterocycles. The molecule has 0 amide bonds. The van der Waals surface area contributed by atoms with Gasteiger partial charge in [0.15, 0.2) is 0 Å². The van der Waals surface area contributed by atoms with E-state index >= 15 is 0 Å². The predicted octanol–water partition coefficient (Wildman–Crippen LogP) is 4.11. The van der Waals surface area contributed by atoms with E-state index in [-0.39, 0.29) is 6.10 Å². The van der Waals surface area contributed by atoms with Gasteiger partial charge >= 0.3 is 0 Å². The average molecular weight is 309 g/mol. The predicted molar refractivity (Wildman–Crippen MR) is 84.6 cm³/mol. The van der Waals surface area contributed by atoms with E-state index in [1.165, 1.54) is 0 Å². The van der Waals surface area contributed by atoms with Crippen LogP contribution in [-0.2, 0) is 4.74 Å². The van der Waals surface area contributed by atoms with Gasteiger partial charge in [0.2, 0.25) is 5.79 Å². The normalized spacial score (nSPS) is 25.9. The minimum atomic E-state index is -1.17. The van der Waals surface area contributed by atoms with Gasteiger partial charge in [0, 0.05) is 12.8 Å². The average Bonchev–Trinajstić information content (AvgIpc) is 2.43. The van der Waals surface area contributed by atoms with Gasteiger partial charge in [-0.15, -0.1) is 0 Å². The smallest absolute Gasteiger partial charge is 0.213 e. The molecule has 1 aliphatic rings. The van der Waals surface area contributed by atoms with E-state index in [4.69, 9.17) is 21.1 Å². The van der Waals surface area contributed by atoms with E-state index in [1.54, 1.807) is 12.1 Å². The van der Waals surface area contributed by atoms with Crippen LogP contribution in [0.15, 0.2) is 48.1 Å². The third-order valence-corrected chi connectivity index (χ3v) is 3.78. The molecule has 2 rings (SSSR count). The topological polar surface area (TPSA) is 38.7 Å². The van der Waals surface area contributed by atoms with Gasteiger partial charge in [0.1, 0.15) is 5.75 Å². The van der Waals surface area contributed by atoms with Crippen LogP contribution in [0.4, 0.5) is 0 Å². The summed E-state index contributed by atoms with van der Waals surface area (Å²) in [4.78, 5) is 0. The molecular formula is C17H21ClO3. The third-order valence-electron chi connectivity index (χ3n) is 3.47. The first-order chi connectivity index (χ1) is 10.1. The number of para-hydroxylation sites is 1. The highest BCUT2D eigenvalue weighted by atomic mass is 35.5. The summed E-state index contributed by atoms with van der Waals surface area (Å²) >= 11 is 6.02. The van der Waals surface area contributed by atoms with E-state index in [0.717, 1.165) is 5.57 Å². The molecule has 0 unspecified atom stereocenters. The van der Waals surface area contributed by atoms with Crippen molar-refractivity contribution in [3.63, 3.8) is 0 Å². The monoisotopic (exact) mass is 308 g/mol. The Bertz CT molecular complexity index is 531. The van der Waals surface area contributed by atoms with Crippen LogP contribution >= 0.6 is 11.6 Å². The molecule has 1 fully saturated rings. The molecular weight excluding hydrogens is 288 g/mol. The van der Waals surface area contributed by atoms with Crippen molar-refractivity contribution in [1.82, 2.24) is 0 Å². The van der Waals surface area contributed by atoms with Crippen LogP contribution < -0.4 is 4.74 Å². The van der Waals surface area contributed by atoms with Crippen molar-refractivity contribution < 1.29 is 14.6 Å². The number of allylic oxidation sites excluding steroid dienone is 2. The lowest BCUT2D eigenvalue weighted by molar-refractivity contribution is -0.241. The molecule has 0 atom stereocenters. The molecule has 21 heavy (non-hydrogen) atoms. The number of ether oxygens (including phenoxy) is 2. The summed E-state index contributed by atoms with van der Waals surface area (Å²) < 4.78 is 11.3. The second-order valence-corrected chi connectivity index (χ2v) is 5.59. The number of rotatable bonds is 6. The van der Waals surface area contributed by atoms with Gasteiger partial charge in [0.25, 0.3) is 0 Å². The second-order valence-electron chi connectivity index (χ2n) is 5.18. The van der Waals surface area contributed by atoms with E-state index in [0.29, 0.717) is 30.2 Å². The van der Waals surface area contributed by atoms with Gasteiger partial charge in [-0.05, 0) is 31.6 Å². The van der Waals surface area contributed by atoms with Gasteiger partial charge in [-0.25, -0.2) is 0 Å². The maximum Gasteiger partial charge on any atom is 0.213 e. The third kappa shape index (κ3) is 4.34. The van der Waals surface area contributed by atoms with Crippen LogP contribution in [0, 0.1) is 0 Å². The zero-order valence-corrected chi connectivity index (χ0v) is 13.1. The molecule has 1 aromatic rings. The van der Waals surface area contributed by atoms with Crippen LogP contribution in [0.2, 0.25) is 5.02 Å². The minimum absolute atomic E-state index is 0.0118. The van der Waals surface area contributed by atoms with Crippen LogP contribution in [-0.4, -0.2) is 23.6 Å². The van der Waals surface area contributed by atoms with Crippen molar-refractivity contribution in [3.8, 4) is 5.75 Å². The molecule has 0 radical (unpaired) electrons. The van der Waals surface area contributed by atoms with Crippen molar-refractivity contribution in [1.29, 1.82) is 0 Å². The Labute approximate surface area is 130 Å². The zero-order chi connectivity index (χ0) is 15.3. The summed E-state index contributed by atoms with van der Waals surface area (Å²) in [6, 6.07) is 7.14. The molecule has 1 N–H and O–H groups in total. The maximum atomic E-state index is 10.3. The van der Waals surface area contributed by atoms with Gasteiger partial charge in [-0.2, -0.15) is 0 Å². The molecule has 0 bridgehead atoms. The van der Waals surface area contributed by atoms with Crippen molar-refractivity contribution >= 4 is 11.6 Å². The Hall–Kier alpha value is -1.29. The Morgan fingerprint density at radius 2 is 2.10 bits per heavy atom. The molecule has 1 saturated carbocycles. The molecule has 114 valence electrons. The lowest BCUT2D eigenvalue weighted by atomic mass is 9.87. The molecule has 1 aliphatic carbocycles. The first-order valence-corrected chi connectivity index (χ1v) is 7.49. The summed E-state index contributed by atoms with van der Waals surface area (Å²) in [6.07, 6.45) is 6.93. The number of aliphatic hydroxyl groups is 1. The lowest BCUT2D eigenvalue weighted by Gasteiger charge is -2.42. The molecule has 3 nitrogen and oxygen atoms in total. The highest BCUT2D eigenvalue weighted by molar-refractivity contribution is 6.32. The van der Waals surface area contributed by atoms with Crippen LogP contribution in [0.3, 0.4) is 0 Å². The molecule has 0 aliphatic heterocycles. The fourth-order valence-electron chi connectivity index (χ4n) is 2.24.